The molecule has 2 aromatic rings. The third kappa shape index (κ3) is 4.29. The van der Waals surface area contributed by atoms with Crippen LogP contribution in [0.15, 0.2) is 57.9 Å². The van der Waals surface area contributed by atoms with Gasteiger partial charge in [0.2, 0.25) is 5.91 Å². The van der Waals surface area contributed by atoms with Gasteiger partial charge in [0.25, 0.3) is 0 Å². The topological polar surface area (TPSA) is 55.1 Å². The van der Waals surface area contributed by atoms with Crippen molar-refractivity contribution in [3.05, 3.63) is 53.0 Å². The highest BCUT2D eigenvalue weighted by Crippen LogP contribution is 2.22. The molecule has 2 rings (SSSR count). The molecule has 2 aromatic carbocycles. The molecular formula is C14H13BrN2OS. The number of anilines is 2. The van der Waals surface area contributed by atoms with Crippen LogP contribution in [-0.4, -0.2) is 11.7 Å². The molecule has 3 nitrogen and oxygen atoms in total. The molecule has 0 aliphatic rings. The van der Waals surface area contributed by atoms with Gasteiger partial charge in [0, 0.05) is 9.37 Å². The summed E-state index contributed by atoms with van der Waals surface area (Å²) < 4.78 is 1.00. The number of nitrogens with one attached hydrogen (secondary N) is 1. The summed E-state index contributed by atoms with van der Waals surface area (Å²) in [4.78, 5) is 12.9. The molecule has 0 aliphatic heterocycles. The van der Waals surface area contributed by atoms with Crippen LogP contribution < -0.4 is 11.1 Å². The number of carbonyl (C=O) groups excluding carboxylic acids is 1. The third-order valence-electron chi connectivity index (χ3n) is 2.40. The molecule has 5 heteroatoms. The molecule has 0 saturated heterocycles. The second kappa shape index (κ2) is 6.63. The van der Waals surface area contributed by atoms with Gasteiger partial charge >= 0.3 is 0 Å². The number of rotatable bonds is 4. The summed E-state index contributed by atoms with van der Waals surface area (Å²) in [5.74, 6) is 0.285. The molecule has 0 aromatic heterocycles. The number of hydrogen-bond acceptors (Lipinski definition) is 3. The minimum absolute atomic E-state index is 0.0668. The van der Waals surface area contributed by atoms with Gasteiger partial charge in [0.05, 0.1) is 17.1 Å². The predicted octanol–water partition coefficient (Wildman–Crippen LogP) is 3.76. The van der Waals surface area contributed by atoms with Gasteiger partial charge in [-0.1, -0.05) is 34.1 Å². The van der Waals surface area contributed by atoms with Crippen molar-refractivity contribution < 1.29 is 4.79 Å². The van der Waals surface area contributed by atoms with Crippen LogP contribution in [0.4, 0.5) is 11.4 Å². The lowest BCUT2D eigenvalue weighted by molar-refractivity contribution is -0.113. The van der Waals surface area contributed by atoms with E-state index in [4.69, 9.17) is 5.73 Å². The summed E-state index contributed by atoms with van der Waals surface area (Å²) in [6.07, 6.45) is 0. The van der Waals surface area contributed by atoms with Crippen LogP contribution in [0.1, 0.15) is 0 Å². The maximum Gasteiger partial charge on any atom is 0.234 e. The Morgan fingerprint density at radius 3 is 2.74 bits per heavy atom. The molecule has 0 atom stereocenters. The standard InChI is InChI=1S/C14H13BrN2OS/c15-10-4-3-5-11(8-10)19-9-14(18)17-13-7-2-1-6-12(13)16/h1-8H,9,16H2,(H,17,18). The quantitative estimate of drug-likeness (QED) is 0.660. The second-order valence-corrected chi connectivity index (χ2v) is 5.85. The van der Waals surface area contributed by atoms with Crippen LogP contribution in [0, 0.1) is 0 Å². The van der Waals surface area contributed by atoms with E-state index in [9.17, 15) is 4.79 Å². The summed E-state index contributed by atoms with van der Waals surface area (Å²) in [6, 6.07) is 15.1. The summed E-state index contributed by atoms with van der Waals surface area (Å²) >= 11 is 4.89. The molecule has 0 unspecified atom stereocenters. The monoisotopic (exact) mass is 336 g/mol. The zero-order valence-corrected chi connectivity index (χ0v) is 12.5. The number of hydrogen-bond donors (Lipinski definition) is 2. The van der Waals surface area contributed by atoms with E-state index in [1.54, 1.807) is 12.1 Å². The van der Waals surface area contributed by atoms with E-state index in [1.165, 1.54) is 11.8 Å². The van der Waals surface area contributed by atoms with E-state index >= 15 is 0 Å². The first-order chi connectivity index (χ1) is 9.15. The molecule has 1 amide bonds. The van der Waals surface area contributed by atoms with E-state index < -0.39 is 0 Å². The molecule has 0 bridgehead atoms. The fourth-order valence-electron chi connectivity index (χ4n) is 1.50. The molecule has 0 spiro atoms. The van der Waals surface area contributed by atoms with Crippen molar-refractivity contribution in [1.29, 1.82) is 0 Å². The maximum absolute atomic E-state index is 11.8. The highest BCUT2D eigenvalue weighted by Gasteiger charge is 2.05. The number of para-hydroxylation sites is 2. The molecule has 0 saturated carbocycles. The molecule has 0 heterocycles. The Morgan fingerprint density at radius 2 is 2.00 bits per heavy atom. The lowest BCUT2D eigenvalue weighted by Crippen LogP contribution is -2.15. The molecule has 19 heavy (non-hydrogen) atoms. The largest absolute Gasteiger partial charge is 0.397 e. The summed E-state index contributed by atoms with van der Waals surface area (Å²) in [5.41, 5.74) is 7.00. The van der Waals surface area contributed by atoms with Crippen molar-refractivity contribution in [2.45, 2.75) is 4.90 Å². The van der Waals surface area contributed by atoms with E-state index in [1.807, 2.05) is 36.4 Å². The van der Waals surface area contributed by atoms with Crippen molar-refractivity contribution in [3.8, 4) is 0 Å². The minimum atomic E-state index is -0.0668. The highest BCUT2D eigenvalue weighted by molar-refractivity contribution is 9.10. The first kappa shape index (κ1) is 14.0. The fraction of sp³-hybridized carbons (Fsp3) is 0.0714. The lowest BCUT2D eigenvalue weighted by Gasteiger charge is -2.07. The molecular weight excluding hydrogens is 324 g/mol. The first-order valence-electron chi connectivity index (χ1n) is 5.68. The number of carbonyl (C=O) groups is 1. The Balaban J connectivity index is 1.90. The Labute approximate surface area is 124 Å². The lowest BCUT2D eigenvalue weighted by atomic mass is 10.3. The van der Waals surface area contributed by atoms with E-state index in [0.717, 1.165) is 9.37 Å². The molecule has 3 N–H and O–H groups in total. The van der Waals surface area contributed by atoms with Crippen LogP contribution in [0.5, 0.6) is 0 Å². The highest BCUT2D eigenvalue weighted by atomic mass is 79.9. The molecule has 0 fully saturated rings. The Hall–Kier alpha value is -1.46. The van der Waals surface area contributed by atoms with Crippen LogP contribution in [0.3, 0.4) is 0 Å². The van der Waals surface area contributed by atoms with Gasteiger partial charge in [-0.15, -0.1) is 11.8 Å². The van der Waals surface area contributed by atoms with Crippen LogP contribution in [-0.2, 0) is 4.79 Å². The SMILES string of the molecule is Nc1ccccc1NC(=O)CSc1cccc(Br)c1. The van der Waals surface area contributed by atoms with Gasteiger partial charge in [0.1, 0.15) is 0 Å². The van der Waals surface area contributed by atoms with Gasteiger partial charge in [-0.25, -0.2) is 0 Å². The van der Waals surface area contributed by atoms with Gasteiger partial charge in [0.15, 0.2) is 0 Å². The third-order valence-corrected chi connectivity index (χ3v) is 3.89. The maximum atomic E-state index is 11.8. The van der Waals surface area contributed by atoms with Crippen molar-refractivity contribution >= 4 is 45.0 Å². The number of thioether (sulfide) groups is 1. The Kier molecular flexibility index (Phi) is 4.87. The first-order valence-corrected chi connectivity index (χ1v) is 7.46. The zero-order valence-electron chi connectivity index (χ0n) is 10.1. The van der Waals surface area contributed by atoms with Gasteiger partial charge in [-0.2, -0.15) is 0 Å². The van der Waals surface area contributed by atoms with Gasteiger partial charge in [-0.05, 0) is 30.3 Å². The second-order valence-electron chi connectivity index (χ2n) is 3.88. The zero-order chi connectivity index (χ0) is 13.7. The van der Waals surface area contributed by atoms with E-state index in [2.05, 4.69) is 21.2 Å². The Bertz CT molecular complexity index is 589. The number of benzene rings is 2. The van der Waals surface area contributed by atoms with Crippen LogP contribution >= 0.6 is 27.7 Å². The van der Waals surface area contributed by atoms with Crippen molar-refractivity contribution in [1.82, 2.24) is 0 Å². The van der Waals surface area contributed by atoms with Crippen LogP contribution in [0.25, 0.3) is 0 Å². The number of halogens is 1. The average molecular weight is 337 g/mol. The van der Waals surface area contributed by atoms with Crippen molar-refractivity contribution in [2.24, 2.45) is 0 Å². The predicted molar refractivity (Wildman–Crippen MR) is 84.4 cm³/mol. The summed E-state index contributed by atoms with van der Waals surface area (Å²) in [5, 5.41) is 2.80. The molecule has 0 radical (unpaired) electrons. The molecule has 0 aliphatic carbocycles. The summed E-state index contributed by atoms with van der Waals surface area (Å²) in [6.45, 7) is 0. The summed E-state index contributed by atoms with van der Waals surface area (Å²) in [7, 11) is 0. The van der Waals surface area contributed by atoms with Crippen LogP contribution in [0.2, 0.25) is 0 Å². The normalized spacial score (nSPS) is 10.2. The van der Waals surface area contributed by atoms with Gasteiger partial charge < -0.3 is 11.1 Å². The number of nitrogen functional groups attached to an aromatic ring is 1. The molecule has 98 valence electrons. The number of nitrogens with two attached hydrogens (primary N) is 1. The van der Waals surface area contributed by atoms with Gasteiger partial charge in [-0.3, -0.25) is 4.79 Å². The van der Waals surface area contributed by atoms with Crippen molar-refractivity contribution in [2.75, 3.05) is 16.8 Å². The smallest absolute Gasteiger partial charge is 0.234 e. The Morgan fingerprint density at radius 1 is 1.21 bits per heavy atom. The van der Waals surface area contributed by atoms with E-state index in [0.29, 0.717) is 17.1 Å². The number of amides is 1. The van der Waals surface area contributed by atoms with Crippen molar-refractivity contribution in [3.63, 3.8) is 0 Å². The minimum Gasteiger partial charge on any atom is -0.397 e. The van der Waals surface area contributed by atoms with E-state index in [-0.39, 0.29) is 5.91 Å². The fourth-order valence-corrected chi connectivity index (χ4v) is 2.81. The average Bonchev–Trinajstić information content (AvgIpc) is 2.39.